The van der Waals surface area contributed by atoms with E-state index in [9.17, 15) is 4.79 Å². The van der Waals surface area contributed by atoms with Gasteiger partial charge in [-0.3, -0.25) is 9.78 Å². The lowest BCUT2D eigenvalue weighted by atomic mass is 10.0. The maximum absolute atomic E-state index is 12.5. The predicted molar refractivity (Wildman–Crippen MR) is 86.7 cm³/mol. The molecule has 1 saturated heterocycles. The predicted octanol–water partition coefficient (Wildman–Crippen LogP) is 2.45. The van der Waals surface area contributed by atoms with Gasteiger partial charge in [0.25, 0.3) is 0 Å². The molecule has 2 aromatic rings. The number of piperazine rings is 1. The standard InChI is InChI=1S/C17H18ClN3O/c18-15-3-1-13(2-4-15)11-17(22)21-10-9-20-16(12-21)14-5-7-19-8-6-14/h1-8,16,20H,9-12H2. The van der Waals surface area contributed by atoms with Crippen LogP contribution >= 0.6 is 11.6 Å². The number of amides is 1. The van der Waals surface area contributed by atoms with Gasteiger partial charge in [-0.2, -0.15) is 0 Å². The molecule has 5 heteroatoms. The molecule has 114 valence electrons. The van der Waals surface area contributed by atoms with Gasteiger partial charge in [0.05, 0.1) is 12.5 Å². The molecule has 0 bridgehead atoms. The van der Waals surface area contributed by atoms with E-state index < -0.39 is 0 Å². The normalized spacial score (nSPS) is 18.2. The molecule has 0 spiro atoms. The van der Waals surface area contributed by atoms with Crippen LogP contribution in [0.5, 0.6) is 0 Å². The van der Waals surface area contributed by atoms with Crippen LogP contribution in [0.15, 0.2) is 48.8 Å². The highest BCUT2D eigenvalue weighted by molar-refractivity contribution is 6.30. The lowest BCUT2D eigenvalue weighted by Gasteiger charge is -2.34. The van der Waals surface area contributed by atoms with Crippen molar-refractivity contribution in [1.29, 1.82) is 0 Å². The van der Waals surface area contributed by atoms with Crippen LogP contribution in [-0.4, -0.2) is 35.4 Å². The lowest BCUT2D eigenvalue weighted by Crippen LogP contribution is -2.48. The maximum Gasteiger partial charge on any atom is 0.227 e. The first-order valence-electron chi connectivity index (χ1n) is 7.38. The number of carbonyl (C=O) groups is 1. The first-order chi connectivity index (χ1) is 10.7. The largest absolute Gasteiger partial charge is 0.339 e. The van der Waals surface area contributed by atoms with Crippen LogP contribution in [0.2, 0.25) is 5.02 Å². The van der Waals surface area contributed by atoms with Crippen LogP contribution in [-0.2, 0) is 11.2 Å². The van der Waals surface area contributed by atoms with Gasteiger partial charge >= 0.3 is 0 Å². The third-order valence-corrected chi connectivity index (χ3v) is 4.16. The van der Waals surface area contributed by atoms with E-state index in [2.05, 4.69) is 10.3 Å². The second kappa shape index (κ2) is 6.90. The number of nitrogens with zero attached hydrogens (tertiary/aromatic N) is 2. The Morgan fingerprint density at radius 2 is 1.95 bits per heavy atom. The summed E-state index contributed by atoms with van der Waals surface area (Å²) < 4.78 is 0. The molecular formula is C17H18ClN3O. The molecule has 1 aromatic heterocycles. The van der Waals surface area contributed by atoms with Gasteiger partial charge in [0.1, 0.15) is 0 Å². The van der Waals surface area contributed by atoms with E-state index in [1.54, 1.807) is 12.4 Å². The molecule has 1 unspecified atom stereocenters. The smallest absolute Gasteiger partial charge is 0.227 e. The third kappa shape index (κ3) is 3.64. The van der Waals surface area contributed by atoms with Crippen LogP contribution < -0.4 is 5.32 Å². The number of aromatic nitrogens is 1. The Balaban J connectivity index is 1.64. The van der Waals surface area contributed by atoms with E-state index in [0.717, 1.165) is 18.7 Å². The van der Waals surface area contributed by atoms with Crippen LogP contribution in [0.4, 0.5) is 0 Å². The van der Waals surface area contributed by atoms with E-state index in [4.69, 9.17) is 11.6 Å². The Morgan fingerprint density at radius 1 is 1.23 bits per heavy atom. The maximum atomic E-state index is 12.5. The number of hydrogen-bond donors (Lipinski definition) is 1. The van der Waals surface area contributed by atoms with Crippen molar-refractivity contribution in [2.75, 3.05) is 19.6 Å². The number of benzene rings is 1. The Hall–Kier alpha value is -1.91. The average Bonchev–Trinajstić information content (AvgIpc) is 2.58. The summed E-state index contributed by atoms with van der Waals surface area (Å²) in [4.78, 5) is 18.4. The van der Waals surface area contributed by atoms with Crippen molar-refractivity contribution in [3.8, 4) is 0 Å². The van der Waals surface area contributed by atoms with Crippen LogP contribution in [0.1, 0.15) is 17.2 Å². The minimum absolute atomic E-state index is 0.155. The summed E-state index contributed by atoms with van der Waals surface area (Å²) in [6, 6.07) is 11.6. The first-order valence-corrected chi connectivity index (χ1v) is 7.76. The molecule has 0 saturated carbocycles. The topological polar surface area (TPSA) is 45.2 Å². The van der Waals surface area contributed by atoms with Crippen LogP contribution in [0, 0.1) is 0 Å². The molecule has 3 rings (SSSR count). The first kappa shape index (κ1) is 15.0. The summed E-state index contributed by atoms with van der Waals surface area (Å²) >= 11 is 5.88. The fourth-order valence-corrected chi connectivity index (χ4v) is 2.81. The van der Waals surface area contributed by atoms with Crippen LogP contribution in [0.3, 0.4) is 0 Å². The summed E-state index contributed by atoms with van der Waals surface area (Å²) in [6.07, 6.45) is 3.98. The number of halogens is 1. The molecule has 4 nitrogen and oxygen atoms in total. The molecule has 22 heavy (non-hydrogen) atoms. The number of carbonyl (C=O) groups excluding carboxylic acids is 1. The van der Waals surface area contributed by atoms with Crippen LogP contribution in [0.25, 0.3) is 0 Å². The van der Waals surface area contributed by atoms with Crippen molar-refractivity contribution in [2.24, 2.45) is 0 Å². The van der Waals surface area contributed by atoms with Crippen molar-refractivity contribution >= 4 is 17.5 Å². The van der Waals surface area contributed by atoms with E-state index in [-0.39, 0.29) is 11.9 Å². The Morgan fingerprint density at radius 3 is 2.68 bits per heavy atom. The zero-order valence-corrected chi connectivity index (χ0v) is 13.0. The molecule has 1 fully saturated rings. The van der Waals surface area contributed by atoms with Crippen molar-refractivity contribution in [2.45, 2.75) is 12.5 Å². The molecule has 1 aliphatic rings. The summed E-state index contributed by atoms with van der Waals surface area (Å²) in [5.74, 6) is 0.155. The van der Waals surface area contributed by atoms with Gasteiger partial charge in [-0.15, -0.1) is 0 Å². The van der Waals surface area contributed by atoms with Crippen molar-refractivity contribution < 1.29 is 4.79 Å². The van der Waals surface area contributed by atoms with Crippen molar-refractivity contribution in [3.63, 3.8) is 0 Å². The van der Waals surface area contributed by atoms with Crippen molar-refractivity contribution in [1.82, 2.24) is 15.2 Å². The monoisotopic (exact) mass is 315 g/mol. The Labute approximate surface area is 135 Å². The molecule has 2 heterocycles. The minimum atomic E-state index is 0.155. The molecule has 0 radical (unpaired) electrons. The summed E-state index contributed by atoms with van der Waals surface area (Å²) in [6.45, 7) is 2.24. The van der Waals surface area contributed by atoms with Gasteiger partial charge in [0.2, 0.25) is 5.91 Å². The van der Waals surface area contributed by atoms with Gasteiger partial charge in [-0.05, 0) is 35.4 Å². The molecule has 1 atom stereocenters. The number of hydrogen-bond acceptors (Lipinski definition) is 3. The van der Waals surface area contributed by atoms with Gasteiger partial charge in [-0.25, -0.2) is 0 Å². The third-order valence-electron chi connectivity index (χ3n) is 3.91. The van der Waals surface area contributed by atoms with E-state index in [1.165, 1.54) is 5.56 Å². The number of nitrogens with one attached hydrogen (secondary N) is 1. The zero-order valence-electron chi connectivity index (χ0n) is 12.2. The molecular weight excluding hydrogens is 298 g/mol. The van der Waals surface area contributed by atoms with Crippen molar-refractivity contribution in [3.05, 3.63) is 64.9 Å². The molecule has 1 aliphatic heterocycles. The number of rotatable bonds is 3. The number of pyridine rings is 1. The highest BCUT2D eigenvalue weighted by Gasteiger charge is 2.24. The quantitative estimate of drug-likeness (QED) is 0.946. The SMILES string of the molecule is O=C(Cc1ccc(Cl)cc1)N1CCNC(c2ccncc2)C1. The van der Waals surface area contributed by atoms with Gasteiger partial charge < -0.3 is 10.2 Å². The highest BCUT2D eigenvalue weighted by atomic mass is 35.5. The summed E-state index contributed by atoms with van der Waals surface area (Å²) in [5, 5.41) is 4.14. The lowest BCUT2D eigenvalue weighted by molar-refractivity contribution is -0.131. The fourth-order valence-electron chi connectivity index (χ4n) is 2.68. The molecule has 1 aromatic carbocycles. The highest BCUT2D eigenvalue weighted by Crippen LogP contribution is 2.17. The second-order valence-corrected chi connectivity index (χ2v) is 5.87. The minimum Gasteiger partial charge on any atom is -0.339 e. The average molecular weight is 316 g/mol. The van der Waals surface area contributed by atoms with Gasteiger partial charge in [0, 0.05) is 37.1 Å². The van der Waals surface area contributed by atoms with E-state index in [0.29, 0.717) is 18.0 Å². The van der Waals surface area contributed by atoms with Gasteiger partial charge in [0.15, 0.2) is 0 Å². The van der Waals surface area contributed by atoms with E-state index in [1.807, 2.05) is 41.3 Å². The summed E-state index contributed by atoms with van der Waals surface area (Å²) in [7, 11) is 0. The Bertz CT molecular complexity index is 630. The zero-order chi connectivity index (χ0) is 15.4. The summed E-state index contributed by atoms with van der Waals surface area (Å²) in [5.41, 5.74) is 2.16. The molecule has 1 amide bonds. The molecule has 0 aliphatic carbocycles. The second-order valence-electron chi connectivity index (χ2n) is 5.43. The molecule has 1 N–H and O–H groups in total. The Kier molecular flexibility index (Phi) is 4.71. The fraction of sp³-hybridized carbons (Fsp3) is 0.294. The van der Waals surface area contributed by atoms with Gasteiger partial charge in [-0.1, -0.05) is 23.7 Å². The van der Waals surface area contributed by atoms with E-state index >= 15 is 0 Å².